The van der Waals surface area contributed by atoms with Gasteiger partial charge in [0, 0.05) is 11.1 Å². The lowest BCUT2D eigenvalue weighted by Gasteiger charge is -2.17. The van der Waals surface area contributed by atoms with Crippen LogP contribution >= 0.6 is 0 Å². The molecule has 2 aromatic carbocycles. The number of aromatic nitrogens is 1. The third-order valence-corrected chi connectivity index (χ3v) is 4.22. The molecule has 0 radical (unpaired) electrons. The van der Waals surface area contributed by atoms with Crippen molar-refractivity contribution in [2.75, 3.05) is 7.11 Å². The van der Waals surface area contributed by atoms with Gasteiger partial charge in [-0.3, -0.25) is 4.79 Å². The number of aryl methyl sites for hydroxylation is 1. The largest absolute Gasteiger partial charge is 0.496 e. The molecule has 3 aromatic rings. The molecule has 1 aromatic heterocycles. The number of benzene rings is 2. The lowest BCUT2D eigenvalue weighted by Crippen LogP contribution is -2.28. The van der Waals surface area contributed by atoms with Crippen molar-refractivity contribution in [3.8, 4) is 17.2 Å². The number of carbonyl (C=O) groups excluding carboxylic acids is 1. The molecule has 1 N–H and O–H groups in total. The van der Waals surface area contributed by atoms with Crippen LogP contribution < -0.4 is 10.1 Å². The average molecular weight is 350 g/mol. The zero-order valence-electron chi connectivity index (χ0n) is 15.2. The van der Waals surface area contributed by atoms with E-state index in [9.17, 15) is 4.79 Å². The van der Waals surface area contributed by atoms with Crippen LogP contribution in [0.3, 0.4) is 0 Å². The summed E-state index contributed by atoms with van der Waals surface area (Å²) in [6, 6.07) is 17.1. The minimum Gasteiger partial charge on any atom is -0.496 e. The van der Waals surface area contributed by atoms with Gasteiger partial charge in [-0.2, -0.15) is 0 Å². The van der Waals surface area contributed by atoms with Crippen LogP contribution in [0.1, 0.15) is 30.0 Å². The number of oxazole rings is 1. The lowest BCUT2D eigenvalue weighted by atomic mass is 10.1. The Bertz CT molecular complexity index is 887. The fourth-order valence-electron chi connectivity index (χ4n) is 2.84. The molecule has 5 heteroatoms. The van der Waals surface area contributed by atoms with Crippen molar-refractivity contribution in [3.05, 3.63) is 71.6 Å². The number of hydrogen-bond acceptors (Lipinski definition) is 4. The minimum absolute atomic E-state index is 0.112. The van der Waals surface area contributed by atoms with Crippen LogP contribution in [0.25, 0.3) is 11.5 Å². The molecule has 0 saturated carbocycles. The van der Waals surface area contributed by atoms with Crippen LogP contribution in [0.4, 0.5) is 0 Å². The van der Waals surface area contributed by atoms with Crippen molar-refractivity contribution in [2.45, 2.75) is 26.3 Å². The Balaban J connectivity index is 1.69. The number of ether oxygens (including phenoxy) is 1. The van der Waals surface area contributed by atoms with Gasteiger partial charge in [0.2, 0.25) is 11.8 Å². The summed E-state index contributed by atoms with van der Waals surface area (Å²) in [6.45, 7) is 3.76. The summed E-state index contributed by atoms with van der Waals surface area (Å²) in [5, 5.41) is 3.00. The number of amides is 1. The van der Waals surface area contributed by atoms with Gasteiger partial charge in [-0.25, -0.2) is 4.98 Å². The van der Waals surface area contributed by atoms with Gasteiger partial charge in [-0.05, 0) is 32.0 Å². The van der Waals surface area contributed by atoms with E-state index in [1.54, 1.807) is 7.11 Å². The smallest absolute Gasteiger partial charge is 0.226 e. The van der Waals surface area contributed by atoms with E-state index in [1.165, 1.54) is 0 Å². The summed E-state index contributed by atoms with van der Waals surface area (Å²) in [5.74, 6) is 1.83. The second-order valence-corrected chi connectivity index (χ2v) is 6.10. The van der Waals surface area contributed by atoms with Crippen molar-refractivity contribution in [3.63, 3.8) is 0 Å². The Hall–Kier alpha value is -3.08. The van der Waals surface area contributed by atoms with Crippen molar-refractivity contribution in [1.82, 2.24) is 10.3 Å². The van der Waals surface area contributed by atoms with Gasteiger partial charge >= 0.3 is 0 Å². The van der Waals surface area contributed by atoms with Crippen LogP contribution in [0.5, 0.6) is 5.75 Å². The molecular weight excluding hydrogens is 328 g/mol. The van der Waals surface area contributed by atoms with Crippen LogP contribution in [-0.4, -0.2) is 18.0 Å². The Kier molecular flexibility index (Phi) is 5.37. The van der Waals surface area contributed by atoms with Crippen molar-refractivity contribution >= 4 is 5.91 Å². The molecule has 26 heavy (non-hydrogen) atoms. The Labute approximate surface area is 153 Å². The van der Waals surface area contributed by atoms with E-state index in [-0.39, 0.29) is 18.4 Å². The zero-order valence-corrected chi connectivity index (χ0v) is 15.2. The standard InChI is InChI=1S/C21H22N2O3/c1-14(17-11-7-8-12-19(17)25-3)22-20(24)13-18-15(2)26-21(23-18)16-9-5-4-6-10-16/h4-12,14H,13H2,1-3H3,(H,22,24)/t14-/m0/s1. The zero-order chi connectivity index (χ0) is 18.5. The predicted octanol–water partition coefficient (Wildman–Crippen LogP) is 4.08. The maximum atomic E-state index is 12.5. The van der Waals surface area contributed by atoms with Gasteiger partial charge in [0.1, 0.15) is 11.5 Å². The average Bonchev–Trinajstić information content (AvgIpc) is 3.02. The fourth-order valence-corrected chi connectivity index (χ4v) is 2.84. The first-order chi connectivity index (χ1) is 12.6. The molecule has 3 rings (SSSR count). The minimum atomic E-state index is -0.167. The molecule has 0 unspecified atom stereocenters. The SMILES string of the molecule is COc1ccccc1[C@H](C)NC(=O)Cc1nc(-c2ccccc2)oc1C. The first-order valence-corrected chi connectivity index (χ1v) is 8.52. The normalized spacial score (nSPS) is 11.8. The summed E-state index contributed by atoms with van der Waals surface area (Å²) >= 11 is 0. The third kappa shape index (κ3) is 3.94. The van der Waals surface area contributed by atoms with Crippen LogP contribution in [0.2, 0.25) is 0 Å². The van der Waals surface area contributed by atoms with E-state index in [0.29, 0.717) is 17.3 Å². The van der Waals surface area contributed by atoms with E-state index < -0.39 is 0 Å². The van der Waals surface area contributed by atoms with E-state index >= 15 is 0 Å². The maximum absolute atomic E-state index is 12.5. The molecule has 0 aliphatic heterocycles. The Morgan fingerprint density at radius 1 is 1.15 bits per heavy atom. The fraction of sp³-hybridized carbons (Fsp3) is 0.238. The van der Waals surface area contributed by atoms with Gasteiger partial charge in [-0.15, -0.1) is 0 Å². The number of nitrogens with zero attached hydrogens (tertiary/aromatic N) is 1. The quantitative estimate of drug-likeness (QED) is 0.727. The molecule has 0 saturated heterocycles. The third-order valence-electron chi connectivity index (χ3n) is 4.22. The highest BCUT2D eigenvalue weighted by Gasteiger charge is 2.17. The van der Waals surface area contributed by atoms with E-state index in [0.717, 1.165) is 16.9 Å². The molecule has 134 valence electrons. The molecule has 0 aliphatic carbocycles. The highest BCUT2D eigenvalue weighted by molar-refractivity contribution is 5.79. The molecule has 1 heterocycles. The second kappa shape index (κ2) is 7.87. The summed E-state index contributed by atoms with van der Waals surface area (Å²) < 4.78 is 11.1. The first kappa shape index (κ1) is 17.7. The van der Waals surface area contributed by atoms with Gasteiger partial charge < -0.3 is 14.5 Å². The molecule has 0 bridgehead atoms. The molecule has 1 amide bonds. The number of para-hydroxylation sites is 1. The monoisotopic (exact) mass is 350 g/mol. The summed E-state index contributed by atoms with van der Waals surface area (Å²) in [6.07, 6.45) is 0.168. The molecule has 1 atom stereocenters. The van der Waals surface area contributed by atoms with Crippen LogP contribution in [0, 0.1) is 6.92 Å². The highest BCUT2D eigenvalue weighted by atomic mass is 16.5. The van der Waals surface area contributed by atoms with Gasteiger partial charge in [-0.1, -0.05) is 36.4 Å². The number of carbonyl (C=O) groups is 1. The van der Waals surface area contributed by atoms with E-state index in [1.807, 2.05) is 68.4 Å². The Morgan fingerprint density at radius 2 is 1.85 bits per heavy atom. The summed E-state index contributed by atoms with van der Waals surface area (Å²) in [7, 11) is 1.62. The number of hydrogen-bond donors (Lipinski definition) is 1. The van der Waals surface area contributed by atoms with Gasteiger partial charge in [0.25, 0.3) is 0 Å². The van der Waals surface area contributed by atoms with Crippen LogP contribution in [-0.2, 0) is 11.2 Å². The van der Waals surface area contributed by atoms with Crippen molar-refractivity contribution in [1.29, 1.82) is 0 Å². The van der Waals surface area contributed by atoms with Crippen LogP contribution in [0.15, 0.2) is 59.0 Å². The highest BCUT2D eigenvalue weighted by Crippen LogP contribution is 2.25. The topological polar surface area (TPSA) is 64.4 Å². The summed E-state index contributed by atoms with van der Waals surface area (Å²) in [5.41, 5.74) is 2.48. The molecule has 5 nitrogen and oxygen atoms in total. The second-order valence-electron chi connectivity index (χ2n) is 6.10. The van der Waals surface area contributed by atoms with Gasteiger partial charge in [0.05, 0.1) is 25.3 Å². The molecule has 0 spiro atoms. The first-order valence-electron chi connectivity index (χ1n) is 8.52. The number of nitrogens with one attached hydrogen (secondary N) is 1. The number of rotatable bonds is 6. The molecule has 0 aliphatic rings. The molecule has 0 fully saturated rings. The van der Waals surface area contributed by atoms with E-state index in [4.69, 9.17) is 9.15 Å². The van der Waals surface area contributed by atoms with Crippen molar-refractivity contribution in [2.24, 2.45) is 0 Å². The maximum Gasteiger partial charge on any atom is 0.226 e. The lowest BCUT2D eigenvalue weighted by molar-refractivity contribution is -0.121. The predicted molar refractivity (Wildman–Crippen MR) is 99.9 cm³/mol. The Morgan fingerprint density at radius 3 is 2.58 bits per heavy atom. The molecular formula is C21H22N2O3. The van der Waals surface area contributed by atoms with Gasteiger partial charge in [0.15, 0.2) is 0 Å². The van der Waals surface area contributed by atoms with Crippen molar-refractivity contribution < 1.29 is 13.9 Å². The van der Waals surface area contributed by atoms with E-state index in [2.05, 4.69) is 10.3 Å². The number of methoxy groups -OCH3 is 1. The summed E-state index contributed by atoms with van der Waals surface area (Å²) in [4.78, 5) is 16.9.